The maximum Gasteiger partial charge on any atom is 0.258 e. The van der Waals surface area contributed by atoms with E-state index in [0.29, 0.717) is 32.8 Å². The van der Waals surface area contributed by atoms with Gasteiger partial charge in [0.05, 0.1) is 11.2 Å². The first-order valence-electron chi connectivity index (χ1n) is 11.6. The van der Waals surface area contributed by atoms with E-state index in [2.05, 4.69) is 41.5 Å². The van der Waals surface area contributed by atoms with Gasteiger partial charge in [0.2, 0.25) is 0 Å². The lowest BCUT2D eigenvalue weighted by atomic mass is 10.1. The fourth-order valence-electron chi connectivity index (χ4n) is 4.80. The Bertz CT molecular complexity index is 1070. The highest BCUT2D eigenvalue weighted by molar-refractivity contribution is 8.00. The lowest BCUT2D eigenvalue weighted by Gasteiger charge is -2.42. The first kappa shape index (κ1) is 26.0. The summed E-state index contributed by atoms with van der Waals surface area (Å²) < 4.78 is 12.3. The van der Waals surface area contributed by atoms with E-state index in [-0.39, 0.29) is 17.3 Å². The molecular weight excluding hydrogens is 464 g/mol. The second-order valence-electron chi connectivity index (χ2n) is 9.47. The summed E-state index contributed by atoms with van der Waals surface area (Å²) in [6.07, 6.45) is 1.52. The maximum absolute atomic E-state index is 13.5. The van der Waals surface area contributed by atoms with Crippen molar-refractivity contribution in [3.63, 3.8) is 0 Å². The van der Waals surface area contributed by atoms with E-state index in [4.69, 9.17) is 8.84 Å². The van der Waals surface area contributed by atoms with E-state index in [1.165, 1.54) is 24.5 Å². The minimum Gasteiger partial charge on any atom is -0.543 e. The van der Waals surface area contributed by atoms with Crippen molar-refractivity contribution in [2.45, 2.75) is 68.3 Å². The zero-order chi connectivity index (χ0) is 25.0. The number of benzene rings is 2. The fourth-order valence-corrected chi connectivity index (χ4v) is 11.2. The number of carbonyl (C=O) groups is 1. The normalized spacial score (nSPS) is 13.0. The van der Waals surface area contributed by atoms with Crippen LogP contribution >= 0.6 is 11.8 Å². The Hall–Kier alpha value is -2.64. The zero-order valence-corrected chi connectivity index (χ0v) is 22.4. The van der Waals surface area contributed by atoms with Crippen LogP contribution in [0, 0.1) is 0 Å². The number of rotatable bonds is 10. The van der Waals surface area contributed by atoms with Crippen molar-refractivity contribution in [1.82, 2.24) is 0 Å². The summed E-state index contributed by atoms with van der Waals surface area (Å²) in [6, 6.07) is 15.0. The molecule has 0 bridgehead atoms. The molecule has 1 unspecified atom stereocenters. The molecule has 0 aliphatic heterocycles. The summed E-state index contributed by atoms with van der Waals surface area (Å²) >= 11 is 1.14. The molecule has 1 aromatic heterocycles. The summed E-state index contributed by atoms with van der Waals surface area (Å²) in [5, 5.41) is 19.3. The van der Waals surface area contributed by atoms with Crippen LogP contribution in [-0.2, 0) is 0 Å². The molecule has 0 aliphatic carbocycles. The number of thioether (sulfide) groups is 1. The van der Waals surface area contributed by atoms with Gasteiger partial charge < -0.3 is 19.1 Å². The summed E-state index contributed by atoms with van der Waals surface area (Å²) in [7, 11) is -2.10. The molecule has 3 rings (SSSR count). The Morgan fingerprint density at radius 1 is 0.912 bits per heavy atom. The summed E-state index contributed by atoms with van der Waals surface area (Å²) in [5.74, 6) is 1.11. The minimum atomic E-state index is -2.10. The maximum atomic E-state index is 13.5. The molecule has 7 heteroatoms. The van der Waals surface area contributed by atoms with Crippen molar-refractivity contribution in [2.75, 3.05) is 0 Å². The van der Waals surface area contributed by atoms with Gasteiger partial charge in [-0.3, -0.25) is 4.79 Å². The van der Waals surface area contributed by atoms with E-state index in [1.807, 2.05) is 12.1 Å². The number of carbonyl (C=O) groups excluding carboxylic acids is 1. The highest BCUT2D eigenvalue weighted by Gasteiger charge is 2.47. The van der Waals surface area contributed by atoms with Crippen molar-refractivity contribution >= 4 is 25.9 Å². The molecule has 0 spiro atoms. The number of furan rings is 1. The third-order valence-corrected chi connectivity index (χ3v) is 13.6. The average Bonchev–Trinajstić information content (AvgIpc) is 3.32. The number of hydrogen-bond donors (Lipinski definition) is 2. The van der Waals surface area contributed by atoms with Gasteiger partial charge in [0.15, 0.2) is 5.78 Å². The van der Waals surface area contributed by atoms with Gasteiger partial charge in [0, 0.05) is 5.56 Å². The van der Waals surface area contributed by atoms with Gasteiger partial charge in [-0.1, -0.05) is 41.5 Å². The van der Waals surface area contributed by atoms with Gasteiger partial charge in [-0.25, -0.2) is 0 Å². The molecule has 182 valence electrons. The largest absolute Gasteiger partial charge is 0.543 e. The van der Waals surface area contributed by atoms with Crippen LogP contribution in [0.1, 0.15) is 62.9 Å². The number of ketones is 1. The lowest BCUT2D eigenvalue weighted by molar-refractivity contribution is 0.0983. The predicted octanol–water partition coefficient (Wildman–Crippen LogP) is 7.96. The molecule has 0 fully saturated rings. The van der Waals surface area contributed by atoms with Crippen molar-refractivity contribution in [3.8, 4) is 17.2 Å². The highest BCUT2D eigenvalue weighted by atomic mass is 32.2. The number of phenolic OH excluding ortho intramolecular Hbond substituents is 2. The number of hydrogen-bond acceptors (Lipinski definition) is 6. The van der Waals surface area contributed by atoms with Crippen LogP contribution < -0.4 is 4.43 Å². The van der Waals surface area contributed by atoms with E-state index < -0.39 is 13.6 Å². The first-order chi connectivity index (χ1) is 16.1. The molecule has 0 aliphatic rings. The minimum absolute atomic E-state index is 0.00624. The van der Waals surface area contributed by atoms with Gasteiger partial charge >= 0.3 is 0 Å². The molecule has 0 saturated heterocycles. The van der Waals surface area contributed by atoms with Crippen LogP contribution in [0.4, 0.5) is 0 Å². The second-order valence-corrected chi connectivity index (χ2v) is 16.0. The lowest BCUT2D eigenvalue weighted by Crippen LogP contribution is -2.50. The fraction of sp³-hybridized carbons (Fsp3) is 0.370. The Labute approximate surface area is 207 Å². The number of phenols is 2. The van der Waals surface area contributed by atoms with E-state index >= 15 is 0 Å². The molecule has 5 nitrogen and oxygen atoms in total. The third-order valence-electron chi connectivity index (χ3n) is 6.37. The van der Waals surface area contributed by atoms with Crippen LogP contribution in [0.5, 0.6) is 17.2 Å². The van der Waals surface area contributed by atoms with Gasteiger partial charge in [0.25, 0.3) is 8.32 Å². The Kier molecular flexibility index (Phi) is 8.20. The average molecular weight is 499 g/mol. The van der Waals surface area contributed by atoms with Crippen molar-refractivity contribution in [3.05, 3.63) is 72.2 Å². The molecule has 2 N–H and O–H groups in total. The second kappa shape index (κ2) is 10.7. The van der Waals surface area contributed by atoms with Gasteiger partial charge in [0.1, 0.15) is 28.3 Å². The molecular formula is C27H34O5SSi. The predicted molar refractivity (Wildman–Crippen MR) is 140 cm³/mol. The first-order valence-corrected chi connectivity index (χ1v) is 14.6. The van der Waals surface area contributed by atoms with E-state index in [1.54, 1.807) is 24.3 Å². The highest BCUT2D eigenvalue weighted by Crippen LogP contribution is 2.44. The zero-order valence-electron chi connectivity index (χ0n) is 20.6. The van der Waals surface area contributed by atoms with Crippen LogP contribution in [-0.4, -0.2) is 24.3 Å². The van der Waals surface area contributed by atoms with Crippen LogP contribution in [0.15, 0.2) is 70.2 Å². The number of aromatic hydroxyl groups is 2. The van der Waals surface area contributed by atoms with Gasteiger partial charge in [-0.15, -0.1) is 11.8 Å². The Morgan fingerprint density at radius 2 is 1.53 bits per heavy atom. The van der Waals surface area contributed by atoms with Crippen LogP contribution in [0.2, 0.25) is 16.6 Å². The molecule has 3 aromatic rings. The Balaban J connectivity index is 1.89. The third kappa shape index (κ3) is 5.36. The Morgan fingerprint density at radius 3 is 2.06 bits per heavy atom. The van der Waals surface area contributed by atoms with Gasteiger partial charge in [-0.2, -0.15) is 0 Å². The topological polar surface area (TPSA) is 79.9 Å². The van der Waals surface area contributed by atoms with E-state index in [9.17, 15) is 15.0 Å². The number of Topliss-reactive ketones (excluding diaryl/α,β-unsaturated/α-hetero) is 1. The SMILES string of the molecule is CC(C)[Si](Oc1ccc(C(=O)C(Sc2cc(O)ccc2O)c2ccco2)cc1)(C(C)C)C(C)C. The smallest absolute Gasteiger partial charge is 0.258 e. The molecule has 0 saturated carbocycles. The van der Waals surface area contributed by atoms with E-state index in [0.717, 1.165) is 17.5 Å². The molecule has 1 heterocycles. The summed E-state index contributed by atoms with van der Waals surface area (Å²) in [5.41, 5.74) is 1.86. The van der Waals surface area contributed by atoms with Crippen LogP contribution in [0.3, 0.4) is 0 Å². The molecule has 2 aromatic carbocycles. The molecule has 34 heavy (non-hydrogen) atoms. The summed E-state index contributed by atoms with van der Waals surface area (Å²) in [6.45, 7) is 13.5. The quantitative estimate of drug-likeness (QED) is 0.128. The van der Waals surface area contributed by atoms with Crippen LogP contribution in [0.25, 0.3) is 0 Å². The van der Waals surface area contributed by atoms with Crippen molar-refractivity contribution < 1.29 is 23.9 Å². The van der Waals surface area contributed by atoms with Crippen molar-refractivity contribution in [1.29, 1.82) is 0 Å². The molecule has 0 radical (unpaired) electrons. The van der Waals surface area contributed by atoms with Gasteiger partial charge in [-0.05, 0) is 71.2 Å². The summed E-state index contributed by atoms with van der Waals surface area (Å²) in [4.78, 5) is 13.9. The standard InChI is InChI=1S/C27H34O5SSi/c1-17(2)34(18(3)4,19(5)6)32-22-12-9-20(10-13-22)26(30)27(24-8-7-15-31-24)33-25-16-21(28)11-14-23(25)29/h7-19,27-29H,1-6H3. The van der Waals surface area contributed by atoms with Crippen molar-refractivity contribution in [2.24, 2.45) is 0 Å². The molecule has 0 amide bonds. The monoisotopic (exact) mass is 498 g/mol. The molecule has 1 atom stereocenters.